The summed E-state index contributed by atoms with van der Waals surface area (Å²) < 4.78 is 23.5. The summed E-state index contributed by atoms with van der Waals surface area (Å²) in [7, 11) is 0. The van der Waals surface area contributed by atoms with Gasteiger partial charge in [0.05, 0.1) is 6.10 Å². The lowest BCUT2D eigenvalue weighted by Gasteiger charge is -2.53. The number of fused-ring (bicyclic) bond motifs is 4. The van der Waals surface area contributed by atoms with Crippen LogP contribution < -0.4 is 0 Å². The predicted octanol–water partition coefficient (Wildman–Crippen LogP) is 0.343. The first-order chi connectivity index (χ1) is 12.3. The van der Waals surface area contributed by atoms with E-state index >= 15 is 0 Å². The fourth-order valence-corrected chi connectivity index (χ4v) is 6.80. The van der Waals surface area contributed by atoms with Crippen LogP contribution in [0.3, 0.4) is 0 Å². The molecule has 0 bridgehead atoms. The number of epoxide rings is 2. The van der Waals surface area contributed by atoms with Crippen molar-refractivity contribution in [3.63, 3.8) is 0 Å². The van der Waals surface area contributed by atoms with E-state index in [1.54, 1.807) is 6.08 Å². The molecule has 4 heterocycles. The van der Waals surface area contributed by atoms with Gasteiger partial charge in [-0.15, -0.1) is 0 Å². The summed E-state index contributed by atoms with van der Waals surface area (Å²) in [6.07, 6.45) is 0.918. The third-order valence-electron chi connectivity index (χ3n) is 7.90. The molecule has 140 valence electrons. The zero-order valence-corrected chi connectivity index (χ0v) is 14.9. The van der Waals surface area contributed by atoms with Crippen LogP contribution in [0.1, 0.15) is 27.2 Å². The average molecular weight is 362 g/mol. The number of aliphatic hydroxyl groups is 1. The highest BCUT2D eigenvalue weighted by Gasteiger charge is 2.86. The molecule has 7 heteroatoms. The van der Waals surface area contributed by atoms with E-state index in [4.69, 9.17) is 18.9 Å². The van der Waals surface area contributed by atoms with Crippen LogP contribution in [-0.2, 0) is 28.5 Å². The van der Waals surface area contributed by atoms with E-state index in [1.165, 1.54) is 0 Å². The van der Waals surface area contributed by atoms with Crippen LogP contribution in [0.2, 0.25) is 0 Å². The third kappa shape index (κ3) is 1.40. The van der Waals surface area contributed by atoms with Gasteiger partial charge in [0.1, 0.15) is 29.8 Å². The van der Waals surface area contributed by atoms with Crippen molar-refractivity contribution < 1.29 is 33.6 Å². The van der Waals surface area contributed by atoms with E-state index in [0.717, 1.165) is 12.0 Å². The Morgan fingerprint density at radius 3 is 2.77 bits per heavy atom. The van der Waals surface area contributed by atoms with Gasteiger partial charge in [0.25, 0.3) is 0 Å². The average Bonchev–Trinajstić information content (AvgIpc) is 3.48. The lowest BCUT2D eigenvalue weighted by atomic mass is 9.47. The summed E-state index contributed by atoms with van der Waals surface area (Å²) in [6, 6.07) is 0. The van der Waals surface area contributed by atoms with Gasteiger partial charge in [-0.1, -0.05) is 13.8 Å². The maximum Gasteiger partial charge on any atom is 0.331 e. The largest absolute Gasteiger partial charge is 0.459 e. The van der Waals surface area contributed by atoms with Crippen molar-refractivity contribution in [2.24, 2.45) is 22.7 Å². The number of hydrogen-bond donors (Lipinski definition) is 1. The molecule has 3 saturated heterocycles. The molecule has 0 amide bonds. The van der Waals surface area contributed by atoms with Gasteiger partial charge in [-0.3, -0.25) is 4.79 Å². The number of esters is 2. The minimum absolute atomic E-state index is 0.00691. The smallest absolute Gasteiger partial charge is 0.331 e. The third-order valence-corrected chi connectivity index (χ3v) is 7.90. The number of aliphatic hydroxyl groups excluding tert-OH is 1. The SMILES string of the molecule is CC(CO)[C@H]1OC(=O)C=C2[C@@]13O[C@@H]3[C@H]1OC(=O)[C@@]3(C)[C@H]4O[C@H]4C[C@@]2(C)[C@@H]13. The molecule has 6 rings (SSSR count). The van der Waals surface area contributed by atoms with E-state index in [9.17, 15) is 14.7 Å². The molecule has 0 radical (unpaired) electrons. The molecule has 10 atom stereocenters. The molecule has 1 spiro atoms. The fraction of sp³-hybridized carbons (Fsp3) is 0.789. The normalized spacial score (nSPS) is 59.0. The highest BCUT2D eigenvalue weighted by Crippen LogP contribution is 2.75. The molecule has 4 aliphatic heterocycles. The van der Waals surface area contributed by atoms with Gasteiger partial charge >= 0.3 is 11.9 Å². The van der Waals surface area contributed by atoms with Gasteiger partial charge in [0.2, 0.25) is 0 Å². The number of cyclic esters (lactones) is 1. The monoisotopic (exact) mass is 362 g/mol. The molecule has 0 aromatic carbocycles. The minimum atomic E-state index is -0.792. The molecule has 0 aromatic heterocycles. The van der Waals surface area contributed by atoms with Gasteiger partial charge in [-0.05, 0) is 18.9 Å². The van der Waals surface area contributed by atoms with Crippen LogP contribution in [0.4, 0.5) is 0 Å². The molecule has 0 aromatic rings. The molecule has 7 nitrogen and oxygen atoms in total. The maximum atomic E-state index is 12.8. The molecular formula is C19H22O7. The van der Waals surface area contributed by atoms with Crippen molar-refractivity contribution in [1.82, 2.24) is 0 Å². The van der Waals surface area contributed by atoms with Crippen molar-refractivity contribution in [2.75, 3.05) is 6.61 Å². The number of ether oxygens (including phenoxy) is 4. The Morgan fingerprint density at radius 2 is 2.04 bits per heavy atom. The molecular weight excluding hydrogens is 340 g/mol. The molecule has 26 heavy (non-hydrogen) atoms. The number of rotatable bonds is 2. The lowest BCUT2D eigenvalue weighted by molar-refractivity contribution is -0.155. The molecule has 2 aliphatic carbocycles. The Bertz CT molecular complexity index is 791. The van der Waals surface area contributed by atoms with E-state index in [-0.39, 0.29) is 48.8 Å². The van der Waals surface area contributed by atoms with E-state index in [0.29, 0.717) is 0 Å². The van der Waals surface area contributed by atoms with Crippen molar-refractivity contribution in [1.29, 1.82) is 0 Å². The topological polar surface area (TPSA) is 97.9 Å². The quantitative estimate of drug-likeness (QED) is 0.559. The Hall–Kier alpha value is -1.44. The summed E-state index contributed by atoms with van der Waals surface area (Å²) in [5, 5.41) is 9.68. The number of hydrogen-bond acceptors (Lipinski definition) is 7. The van der Waals surface area contributed by atoms with Gasteiger partial charge in [-0.2, -0.15) is 0 Å². The Balaban J connectivity index is 1.56. The summed E-state index contributed by atoms with van der Waals surface area (Å²) >= 11 is 0. The van der Waals surface area contributed by atoms with E-state index in [1.807, 2.05) is 13.8 Å². The highest BCUT2D eigenvalue weighted by atomic mass is 16.7. The second kappa shape index (κ2) is 4.18. The standard InChI is InChI=1S/C19H22O7/c1-7(6-20)13-19-9(4-10(21)24-13)17(2)5-8-14(23-8)18(3)12(17)11(15(19)26-19)25-16(18)22/h4,7-8,11-15,20H,5-6H2,1-3H3/t7?,8-,11-,12+,13+,14-,15+,17+,18+,19+/m0/s1. The van der Waals surface area contributed by atoms with Crippen LogP contribution >= 0.6 is 0 Å². The molecule has 1 unspecified atom stereocenters. The molecule has 1 N–H and O–H groups in total. The van der Waals surface area contributed by atoms with Crippen LogP contribution in [0.5, 0.6) is 0 Å². The summed E-state index contributed by atoms with van der Waals surface area (Å²) in [6.45, 7) is 5.77. The summed E-state index contributed by atoms with van der Waals surface area (Å²) in [5.41, 5.74) is -1.04. The van der Waals surface area contributed by atoms with Gasteiger partial charge in [0.15, 0.2) is 5.60 Å². The van der Waals surface area contributed by atoms with Gasteiger partial charge < -0.3 is 24.1 Å². The van der Waals surface area contributed by atoms with E-state index in [2.05, 4.69) is 6.92 Å². The van der Waals surface area contributed by atoms with Gasteiger partial charge in [0, 0.05) is 29.9 Å². The highest BCUT2D eigenvalue weighted by molar-refractivity contribution is 5.87. The second-order valence-electron chi connectivity index (χ2n) is 9.25. The Morgan fingerprint density at radius 1 is 1.27 bits per heavy atom. The van der Waals surface area contributed by atoms with Crippen LogP contribution in [0.25, 0.3) is 0 Å². The first-order valence-electron chi connectivity index (χ1n) is 9.37. The molecule has 2 saturated carbocycles. The number of carbonyl (C=O) groups is 2. The minimum Gasteiger partial charge on any atom is -0.459 e. The molecule has 6 aliphatic rings. The van der Waals surface area contributed by atoms with E-state index < -0.39 is 28.5 Å². The van der Waals surface area contributed by atoms with Crippen molar-refractivity contribution in [3.8, 4) is 0 Å². The van der Waals surface area contributed by atoms with Gasteiger partial charge in [-0.25, -0.2) is 4.79 Å². The Kier molecular flexibility index (Phi) is 2.51. The van der Waals surface area contributed by atoms with Crippen LogP contribution in [0.15, 0.2) is 11.6 Å². The van der Waals surface area contributed by atoms with Crippen LogP contribution in [-0.4, -0.2) is 59.8 Å². The second-order valence-corrected chi connectivity index (χ2v) is 9.25. The van der Waals surface area contributed by atoms with Crippen molar-refractivity contribution >= 4 is 11.9 Å². The zero-order chi connectivity index (χ0) is 18.2. The first-order valence-corrected chi connectivity index (χ1v) is 9.37. The zero-order valence-electron chi connectivity index (χ0n) is 14.9. The summed E-state index contributed by atoms with van der Waals surface area (Å²) in [4.78, 5) is 25.2. The van der Waals surface area contributed by atoms with Crippen LogP contribution in [0, 0.1) is 22.7 Å². The molecule has 5 fully saturated rings. The Labute approximate surface area is 150 Å². The predicted molar refractivity (Wildman–Crippen MR) is 84.7 cm³/mol. The maximum absolute atomic E-state index is 12.8. The first kappa shape index (κ1) is 15.6. The number of carbonyl (C=O) groups excluding carboxylic acids is 2. The fourth-order valence-electron chi connectivity index (χ4n) is 6.80. The summed E-state index contributed by atoms with van der Waals surface area (Å²) in [5.74, 6) is -0.996. The lowest BCUT2D eigenvalue weighted by Crippen LogP contribution is -2.62. The van der Waals surface area contributed by atoms with Crippen molar-refractivity contribution in [3.05, 3.63) is 11.6 Å². The van der Waals surface area contributed by atoms with Crippen molar-refractivity contribution in [2.45, 2.75) is 63.3 Å².